The van der Waals surface area contributed by atoms with E-state index in [4.69, 9.17) is 10.5 Å². The van der Waals surface area contributed by atoms with E-state index in [9.17, 15) is 54.6 Å². The van der Waals surface area contributed by atoms with Crippen LogP contribution in [0.2, 0.25) is 0 Å². The number of nitrogens with one attached hydrogen (secondary N) is 4. The molecular formula is C43H37N9O12S4. The molecule has 0 unspecified atom stereocenters. The SMILES string of the molecule is Cc1nc(C)c(S(=O)(=O)Nc2cccc3cc(C(=O)Nc4ccc(C#N)cc4C(=O)O)n(C)c23)s1.Cn1c(C(=O)Nc2ccc(C#N)cc2C(=O)O)cc2cccc(NS(=O)(=O)CS(C)(=O)=O)c21. The van der Waals surface area contributed by atoms with Crippen molar-refractivity contribution in [3.8, 4) is 12.1 Å². The number of nitrogens with zero attached hydrogens (tertiary/aromatic N) is 5. The van der Waals surface area contributed by atoms with Crippen molar-refractivity contribution < 1.29 is 54.6 Å². The van der Waals surface area contributed by atoms with Crippen LogP contribution in [0.3, 0.4) is 0 Å². The van der Waals surface area contributed by atoms with E-state index in [-0.39, 0.29) is 60.6 Å². The summed E-state index contributed by atoms with van der Waals surface area (Å²) in [5, 5.41) is 42.5. The highest BCUT2D eigenvalue weighted by atomic mass is 32.3. The van der Waals surface area contributed by atoms with Crippen LogP contribution in [0.1, 0.15) is 63.5 Å². The first-order valence-electron chi connectivity index (χ1n) is 19.3. The number of hydrogen-bond donors (Lipinski definition) is 6. The van der Waals surface area contributed by atoms with Crippen molar-refractivity contribution in [3.05, 3.63) is 129 Å². The molecule has 25 heteroatoms. The van der Waals surface area contributed by atoms with Gasteiger partial charge in [-0.1, -0.05) is 24.3 Å². The molecule has 0 saturated carbocycles. The van der Waals surface area contributed by atoms with Crippen molar-refractivity contribution in [1.82, 2.24) is 14.1 Å². The van der Waals surface area contributed by atoms with Gasteiger partial charge in [-0.25, -0.2) is 39.8 Å². The summed E-state index contributed by atoms with van der Waals surface area (Å²) in [4.78, 5) is 53.3. The molecule has 4 aromatic carbocycles. The third kappa shape index (κ3) is 10.8. The third-order valence-electron chi connectivity index (χ3n) is 9.82. The van der Waals surface area contributed by atoms with Crippen LogP contribution in [0.5, 0.6) is 0 Å². The number of sulfone groups is 1. The highest BCUT2D eigenvalue weighted by molar-refractivity contribution is 8.08. The van der Waals surface area contributed by atoms with Gasteiger partial charge in [0.15, 0.2) is 19.1 Å². The second-order valence-corrected chi connectivity index (χ2v) is 22.2. The number of benzene rings is 4. The quantitative estimate of drug-likeness (QED) is 0.0817. The van der Waals surface area contributed by atoms with Crippen molar-refractivity contribution in [2.75, 3.05) is 31.4 Å². The number of aromatic nitrogens is 3. The zero-order valence-electron chi connectivity index (χ0n) is 36.1. The van der Waals surface area contributed by atoms with Crippen LogP contribution in [0.25, 0.3) is 21.8 Å². The Balaban J connectivity index is 0.000000224. The Morgan fingerprint density at radius 3 is 1.49 bits per heavy atom. The lowest BCUT2D eigenvalue weighted by Crippen LogP contribution is -2.22. The number of carboxylic acids is 2. The average molecular weight is 1000 g/mol. The number of fused-ring (bicyclic) bond motifs is 2. The minimum Gasteiger partial charge on any atom is -0.478 e. The van der Waals surface area contributed by atoms with Crippen molar-refractivity contribution in [2.45, 2.75) is 18.1 Å². The number of carboxylic acid groups (broad SMARTS) is 2. The maximum absolute atomic E-state index is 13.1. The summed E-state index contributed by atoms with van der Waals surface area (Å²) >= 11 is 1.07. The van der Waals surface area contributed by atoms with Crippen LogP contribution >= 0.6 is 11.3 Å². The molecule has 0 aliphatic rings. The van der Waals surface area contributed by atoms with E-state index in [1.807, 2.05) is 12.1 Å². The monoisotopic (exact) mass is 999 g/mol. The van der Waals surface area contributed by atoms with Gasteiger partial charge in [-0.05, 0) is 74.5 Å². The Bertz CT molecular complexity index is 3690. The van der Waals surface area contributed by atoms with E-state index in [1.54, 1.807) is 51.2 Å². The topological polar surface area (TPSA) is 330 Å². The molecule has 21 nitrogen and oxygen atoms in total. The fourth-order valence-corrected chi connectivity index (χ4v) is 12.6. The molecule has 3 aromatic heterocycles. The first-order chi connectivity index (χ1) is 31.8. The molecule has 0 fully saturated rings. The van der Waals surface area contributed by atoms with Crippen LogP contribution in [-0.4, -0.2) is 84.7 Å². The van der Waals surface area contributed by atoms with Crippen LogP contribution < -0.4 is 20.1 Å². The number of hydrogen-bond acceptors (Lipinski definition) is 14. The predicted octanol–water partition coefficient (Wildman–Crippen LogP) is 5.62. The molecule has 0 aliphatic carbocycles. The van der Waals surface area contributed by atoms with E-state index in [1.165, 1.54) is 64.7 Å². The van der Waals surface area contributed by atoms with Crippen molar-refractivity contribution in [3.63, 3.8) is 0 Å². The summed E-state index contributed by atoms with van der Waals surface area (Å²) in [5.41, 5.74) is 1.57. The molecule has 0 saturated heterocycles. The maximum Gasteiger partial charge on any atom is 0.337 e. The normalized spacial score (nSPS) is 11.5. The first-order valence-corrected chi connectivity index (χ1v) is 25.3. The molecule has 2 amide bonds. The van der Waals surface area contributed by atoms with Gasteiger partial charge in [0.25, 0.3) is 21.8 Å². The fourth-order valence-electron chi connectivity index (χ4n) is 7.04. The number of nitriles is 2. The molecule has 0 aliphatic heterocycles. The van der Waals surface area contributed by atoms with Gasteiger partial charge < -0.3 is 30.0 Å². The molecule has 0 spiro atoms. The van der Waals surface area contributed by atoms with Crippen LogP contribution in [0.4, 0.5) is 22.7 Å². The summed E-state index contributed by atoms with van der Waals surface area (Å²) in [6.07, 6.45) is 0.798. The summed E-state index contributed by atoms with van der Waals surface area (Å²) in [5.74, 6) is -3.90. The first kappa shape index (κ1) is 49.3. The molecule has 68 heavy (non-hydrogen) atoms. The minimum atomic E-state index is -4.23. The molecule has 350 valence electrons. The number of sulfonamides is 2. The van der Waals surface area contributed by atoms with Crippen LogP contribution in [0.15, 0.2) is 89.1 Å². The second kappa shape index (κ2) is 19.0. The molecule has 0 bridgehead atoms. The van der Waals surface area contributed by atoms with Gasteiger partial charge in [-0.15, -0.1) is 11.3 Å². The van der Waals surface area contributed by atoms with Crippen LogP contribution in [0, 0.1) is 36.5 Å². The zero-order chi connectivity index (χ0) is 50.0. The Labute approximate surface area is 391 Å². The Kier molecular flexibility index (Phi) is 13.8. The fraction of sp³-hybridized carbons (Fsp3) is 0.140. The third-order valence-corrected chi connectivity index (χ3v) is 16.3. The van der Waals surface area contributed by atoms with Crippen LogP contribution in [-0.2, 0) is 44.0 Å². The number of anilines is 4. The van der Waals surface area contributed by atoms with Gasteiger partial charge in [0.2, 0.25) is 10.0 Å². The number of amides is 2. The number of rotatable bonds is 13. The second-order valence-electron chi connectivity index (χ2n) is 14.9. The molecule has 3 heterocycles. The lowest BCUT2D eigenvalue weighted by molar-refractivity contribution is 0.0687. The Morgan fingerprint density at radius 1 is 0.662 bits per heavy atom. The molecular weight excluding hydrogens is 963 g/mol. The van der Waals surface area contributed by atoms with Gasteiger partial charge in [0.1, 0.15) is 11.4 Å². The van der Waals surface area contributed by atoms with Gasteiger partial charge in [-0.2, -0.15) is 10.5 Å². The summed E-state index contributed by atoms with van der Waals surface area (Å²) in [6, 6.07) is 24.0. The van der Waals surface area contributed by atoms with E-state index in [0.717, 1.165) is 23.7 Å². The number of carbonyl (C=O) groups is 4. The number of thiazole rings is 1. The van der Waals surface area contributed by atoms with Crippen molar-refractivity contribution >= 4 is 110 Å². The Morgan fingerprint density at radius 2 is 1.10 bits per heavy atom. The van der Waals surface area contributed by atoms with E-state index in [0.29, 0.717) is 32.5 Å². The number of carbonyl (C=O) groups excluding carboxylic acids is 2. The standard InChI is InChI=1S/C23H19N5O5S2.C20H18N4O7S2/c1-12-23(34-13(2)25-12)35(32,33)27-18-6-4-5-15-10-19(28(3)20(15)18)21(29)26-17-8-7-14(11-24)9-16(17)22(30)31;1-24-17(19(25)22-15-7-6-12(10-21)8-14(15)20(26)27)9-13-4-3-5-16(18(13)24)23-33(30,31)11-32(2,28)29/h4-10,27H,1-3H3,(H,26,29)(H,30,31);3-9,23H,11H2,1-2H3,(H,22,25)(H,26,27). The largest absolute Gasteiger partial charge is 0.478 e. The molecule has 7 aromatic rings. The van der Waals surface area contributed by atoms with E-state index in [2.05, 4.69) is 25.1 Å². The highest BCUT2D eigenvalue weighted by Gasteiger charge is 2.26. The average Bonchev–Trinajstić information content (AvgIpc) is 3.91. The molecule has 0 atom stereocenters. The number of aromatic carboxylic acids is 2. The van der Waals surface area contributed by atoms with Crippen molar-refractivity contribution in [1.29, 1.82) is 10.5 Å². The van der Waals surface area contributed by atoms with Gasteiger partial charge >= 0.3 is 11.9 Å². The predicted molar refractivity (Wildman–Crippen MR) is 253 cm³/mol. The van der Waals surface area contributed by atoms with E-state index < -0.39 is 58.7 Å². The zero-order valence-corrected chi connectivity index (χ0v) is 39.4. The Hall–Kier alpha value is -8.10. The highest BCUT2D eigenvalue weighted by Crippen LogP contribution is 2.32. The smallest absolute Gasteiger partial charge is 0.337 e. The van der Waals surface area contributed by atoms with Gasteiger partial charge in [0, 0.05) is 31.1 Å². The van der Waals surface area contributed by atoms with Gasteiger partial charge in [-0.3, -0.25) is 19.0 Å². The maximum atomic E-state index is 13.1. The molecule has 0 radical (unpaired) electrons. The summed E-state index contributed by atoms with van der Waals surface area (Å²) in [7, 11) is -8.84. The lowest BCUT2D eigenvalue weighted by atomic mass is 10.1. The van der Waals surface area contributed by atoms with Crippen molar-refractivity contribution in [2.24, 2.45) is 14.1 Å². The summed E-state index contributed by atoms with van der Waals surface area (Å²) in [6.45, 7) is 3.35. The number of aryl methyl sites for hydroxylation is 4. The minimum absolute atomic E-state index is 0.0224. The number of para-hydroxylation sites is 2. The lowest BCUT2D eigenvalue weighted by Gasteiger charge is -2.12. The molecule has 6 N–H and O–H groups in total. The van der Waals surface area contributed by atoms with E-state index >= 15 is 0 Å². The van der Waals surface area contributed by atoms with Gasteiger partial charge in [0.05, 0.1) is 78.9 Å². The summed E-state index contributed by atoms with van der Waals surface area (Å²) < 4.78 is 81.2. The molecule has 7 rings (SSSR count).